The highest BCUT2D eigenvalue weighted by molar-refractivity contribution is 5.71. The van der Waals surface area contributed by atoms with E-state index >= 15 is 0 Å². The molecule has 0 aromatic heterocycles. The number of allylic oxidation sites excluding steroid dienone is 4. The lowest BCUT2D eigenvalue weighted by atomic mass is 10.0. The standard InChI is InChI=1S/C64H120O6/c1-4-7-10-13-16-19-22-25-28-31-33-36-39-42-45-48-51-54-57-63(66)69-60-61(59-68-62(65)56-53-50-47-44-41-38-35-30-27-24-21-18-15-12-9-6-3)70-64(67)58-55-52-49-46-43-40-37-34-32-29-26-23-20-17-14-11-8-5-2/h21,24,30,35,61H,4-20,22-23,25-29,31-34,36-60H2,1-3H3/b24-21-,35-30-. The molecule has 0 saturated heterocycles. The first kappa shape index (κ1) is 67.9. The van der Waals surface area contributed by atoms with Gasteiger partial charge in [0.2, 0.25) is 0 Å². The van der Waals surface area contributed by atoms with E-state index in [1.807, 2.05) is 0 Å². The number of hydrogen-bond donors (Lipinski definition) is 0. The molecule has 70 heavy (non-hydrogen) atoms. The number of unbranched alkanes of at least 4 members (excludes halogenated alkanes) is 43. The summed E-state index contributed by atoms with van der Waals surface area (Å²) >= 11 is 0. The second-order valence-corrected chi connectivity index (χ2v) is 21.3. The van der Waals surface area contributed by atoms with Gasteiger partial charge in [0.05, 0.1) is 0 Å². The molecule has 0 bridgehead atoms. The second kappa shape index (κ2) is 59.5. The zero-order chi connectivity index (χ0) is 50.7. The molecule has 0 aliphatic heterocycles. The Morgan fingerprint density at radius 2 is 0.514 bits per heavy atom. The summed E-state index contributed by atoms with van der Waals surface area (Å²) in [5.41, 5.74) is 0. The molecule has 0 N–H and O–H groups in total. The van der Waals surface area contributed by atoms with E-state index in [0.29, 0.717) is 19.3 Å². The first-order valence-electron chi connectivity index (χ1n) is 31.3. The molecule has 0 aromatic rings. The fraction of sp³-hybridized carbons (Fsp3) is 0.891. The molecule has 412 valence electrons. The van der Waals surface area contributed by atoms with Crippen molar-refractivity contribution >= 4 is 17.9 Å². The maximum atomic E-state index is 12.9. The molecule has 0 rings (SSSR count). The number of ether oxygens (including phenoxy) is 3. The average Bonchev–Trinajstić information content (AvgIpc) is 3.36. The van der Waals surface area contributed by atoms with Crippen molar-refractivity contribution < 1.29 is 28.6 Å². The van der Waals surface area contributed by atoms with Gasteiger partial charge in [-0.05, 0) is 51.4 Å². The van der Waals surface area contributed by atoms with Crippen LogP contribution in [-0.2, 0) is 28.6 Å². The zero-order valence-corrected chi connectivity index (χ0v) is 47.3. The van der Waals surface area contributed by atoms with E-state index in [2.05, 4.69) is 45.1 Å². The van der Waals surface area contributed by atoms with Crippen molar-refractivity contribution in [2.75, 3.05) is 13.2 Å². The fourth-order valence-corrected chi connectivity index (χ4v) is 9.48. The number of hydrogen-bond acceptors (Lipinski definition) is 6. The normalized spacial score (nSPS) is 12.1. The maximum Gasteiger partial charge on any atom is 0.306 e. The van der Waals surface area contributed by atoms with Crippen molar-refractivity contribution in [2.45, 2.75) is 354 Å². The van der Waals surface area contributed by atoms with E-state index < -0.39 is 6.10 Å². The average molecular weight is 986 g/mol. The minimum Gasteiger partial charge on any atom is -0.462 e. The lowest BCUT2D eigenvalue weighted by molar-refractivity contribution is -0.167. The van der Waals surface area contributed by atoms with Gasteiger partial charge >= 0.3 is 17.9 Å². The van der Waals surface area contributed by atoms with Crippen LogP contribution in [-0.4, -0.2) is 37.2 Å². The van der Waals surface area contributed by atoms with E-state index in [-0.39, 0.29) is 31.1 Å². The first-order chi connectivity index (χ1) is 34.5. The molecule has 1 atom stereocenters. The Labute approximate surface area is 436 Å². The Balaban J connectivity index is 4.33. The molecule has 6 heteroatoms. The summed E-state index contributed by atoms with van der Waals surface area (Å²) in [4.78, 5) is 38.3. The molecule has 0 amide bonds. The topological polar surface area (TPSA) is 78.9 Å². The van der Waals surface area contributed by atoms with Crippen molar-refractivity contribution in [1.29, 1.82) is 0 Å². The Morgan fingerprint density at radius 1 is 0.286 bits per heavy atom. The van der Waals surface area contributed by atoms with E-state index in [4.69, 9.17) is 14.2 Å². The summed E-state index contributed by atoms with van der Waals surface area (Å²) in [5, 5.41) is 0. The molecule has 0 saturated carbocycles. The molecule has 0 heterocycles. The van der Waals surface area contributed by atoms with Crippen LogP contribution in [0.25, 0.3) is 0 Å². The van der Waals surface area contributed by atoms with Gasteiger partial charge in [-0.1, -0.05) is 302 Å². The summed E-state index contributed by atoms with van der Waals surface area (Å²) in [6.07, 6.45) is 70.3. The third kappa shape index (κ3) is 56.8. The highest BCUT2D eigenvalue weighted by Crippen LogP contribution is 2.18. The summed E-state index contributed by atoms with van der Waals surface area (Å²) in [6.45, 7) is 6.68. The predicted octanol–water partition coefficient (Wildman–Crippen LogP) is 21.1. The maximum absolute atomic E-state index is 12.9. The minimum atomic E-state index is -0.773. The Hall–Kier alpha value is -2.11. The summed E-state index contributed by atoms with van der Waals surface area (Å²) in [5.74, 6) is -0.856. The molecule has 0 aromatic carbocycles. The first-order valence-corrected chi connectivity index (χ1v) is 31.3. The summed E-state index contributed by atoms with van der Waals surface area (Å²) < 4.78 is 16.9. The number of esters is 3. The molecule has 0 spiro atoms. The molecule has 6 nitrogen and oxygen atoms in total. The molecule has 0 aliphatic rings. The Kier molecular flexibility index (Phi) is 57.7. The predicted molar refractivity (Wildman–Crippen MR) is 303 cm³/mol. The van der Waals surface area contributed by atoms with Gasteiger partial charge in [-0.3, -0.25) is 14.4 Å². The van der Waals surface area contributed by atoms with Gasteiger partial charge in [-0.25, -0.2) is 0 Å². The van der Waals surface area contributed by atoms with Crippen LogP contribution in [0, 0.1) is 0 Å². The van der Waals surface area contributed by atoms with Crippen molar-refractivity contribution in [3.8, 4) is 0 Å². The minimum absolute atomic E-state index is 0.0696. The van der Waals surface area contributed by atoms with Gasteiger partial charge in [0.25, 0.3) is 0 Å². The van der Waals surface area contributed by atoms with Crippen LogP contribution in [0.3, 0.4) is 0 Å². The van der Waals surface area contributed by atoms with Crippen molar-refractivity contribution in [3.63, 3.8) is 0 Å². The number of rotatable bonds is 58. The van der Waals surface area contributed by atoms with Crippen LogP contribution in [0.4, 0.5) is 0 Å². The highest BCUT2D eigenvalue weighted by atomic mass is 16.6. The van der Waals surface area contributed by atoms with Gasteiger partial charge < -0.3 is 14.2 Å². The molecule has 0 aliphatic carbocycles. The Bertz CT molecular complexity index is 1130. The van der Waals surface area contributed by atoms with E-state index in [1.54, 1.807) is 0 Å². The number of carbonyl (C=O) groups is 3. The molecule has 1 unspecified atom stereocenters. The van der Waals surface area contributed by atoms with Gasteiger partial charge in [-0.15, -0.1) is 0 Å². The molecule has 0 radical (unpaired) electrons. The monoisotopic (exact) mass is 985 g/mol. The van der Waals surface area contributed by atoms with E-state index in [0.717, 1.165) is 77.0 Å². The van der Waals surface area contributed by atoms with Crippen LogP contribution < -0.4 is 0 Å². The summed E-state index contributed by atoms with van der Waals surface area (Å²) in [7, 11) is 0. The molecule has 0 fully saturated rings. The van der Waals surface area contributed by atoms with Gasteiger partial charge in [0.1, 0.15) is 13.2 Å². The second-order valence-electron chi connectivity index (χ2n) is 21.3. The largest absolute Gasteiger partial charge is 0.462 e. The van der Waals surface area contributed by atoms with Crippen LogP contribution >= 0.6 is 0 Å². The van der Waals surface area contributed by atoms with Crippen LogP contribution in [0.2, 0.25) is 0 Å². The van der Waals surface area contributed by atoms with Crippen molar-refractivity contribution in [3.05, 3.63) is 24.3 Å². The van der Waals surface area contributed by atoms with Gasteiger partial charge in [-0.2, -0.15) is 0 Å². The SMILES string of the molecule is CCCCCC/C=C\C/C=C\CCCCCCCC(=O)OCC(COC(=O)CCCCCCCCCCCCCCCCCCCC)OC(=O)CCCCCCCCCCCCCCCCCCCC. The Morgan fingerprint density at radius 3 is 0.800 bits per heavy atom. The third-order valence-electron chi connectivity index (χ3n) is 14.2. The highest BCUT2D eigenvalue weighted by Gasteiger charge is 2.19. The van der Waals surface area contributed by atoms with E-state index in [1.165, 1.54) is 231 Å². The smallest absolute Gasteiger partial charge is 0.306 e. The fourth-order valence-electron chi connectivity index (χ4n) is 9.48. The molecular formula is C64H120O6. The third-order valence-corrected chi connectivity index (χ3v) is 14.2. The van der Waals surface area contributed by atoms with Crippen LogP contribution in [0.1, 0.15) is 348 Å². The van der Waals surface area contributed by atoms with Gasteiger partial charge in [0, 0.05) is 19.3 Å². The lowest BCUT2D eigenvalue weighted by Crippen LogP contribution is -2.30. The quantitative estimate of drug-likeness (QED) is 0.0261. The summed E-state index contributed by atoms with van der Waals surface area (Å²) in [6, 6.07) is 0. The van der Waals surface area contributed by atoms with E-state index in [9.17, 15) is 14.4 Å². The molecular weight excluding hydrogens is 865 g/mol. The zero-order valence-electron chi connectivity index (χ0n) is 47.3. The van der Waals surface area contributed by atoms with Crippen LogP contribution in [0.15, 0.2) is 24.3 Å². The van der Waals surface area contributed by atoms with Crippen molar-refractivity contribution in [2.24, 2.45) is 0 Å². The number of carbonyl (C=O) groups excluding carboxylic acids is 3. The van der Waals surface area contributed by atoms with Gasteiger partial charge in [0.15, 0.2) is 6.10 Å². The van der Waals surface area contributed by atoms with Crippen molar-refractivity contribution in [1.82, 2.24) is 0 Å². The lowest BCUT2D eigenvalue weighted by Gasteiger charge is -2.18. The van der Waals surface area contributed by atoms with Crippen LogP contribution in [0.5, 0.6) is 0 Å².